The van der Waals surface area contributed by atoms with Crippen molar-refractivity contribution in [2.75, 3.05) is 0 Å². The average Bonchev–Trinajstić information content (AvgIpc) is 2.77. The third-order valence-corrected chi connectivity index (χ3v) is 2.74. The van der Waals surface area contributed by atoms with Crippen molar-refractivity contribution in [1.29, 1.82) is 0 Å². The normalized spacial score (nSPS) is 13.9. The topological polar surface area (TPSA) is 76.0 Å². The number of hydrogen-bond acceptors (Lipinski definition) is 3. The molecule has 0 aromatic carbocycles. The molecule has 2 atom stereocenters. The van der Waals surface area contributed by atoms with Gasteiger partial charge in [-0.05, 0) is 12.8 Å². The van der Waals surface area contributed by atoms with Gasteiger partial charge in [-0.2, -0.15) is 0 Å². The molecule has 2 amide bonds. The third-order valence-electron chi connectivity index (χ3n) is 2.74. The zero-order valence-electron chi connectivity index (χ0n) is 11.9. The molecular weight excluding hydrogens is 244 g/mol. The number of carbonyl (C=O) groups is 2. The Hall–Kier alpha value is -1.85. The van der Waals surface area contributed by atoms with Crippen molar-refractivity contribution in [2.24, 2.45) is 5.92 Å². The quantitative estimate of drug-likeness (QED) is 0.789. The maximum Gasteiger partial charge on any atom is 0.243 e. The minimum Gasteiger partial charge on any atom is -0.350 e. The maximum absolute atomic E-state index is 12.1. The molecule has 6 nitrogen and oxygen atoms in total. The first-order valence-electron chi connectivity index (χ1n) is 6.43. The van der Waals surface area contributed by atoms with E-state index >= 15 is 0 Å². The molecule has 0 radical (unpaired) electrons. The molecule has 0 aliphatic heterocycles. The predicted molar refractivity (Wildman–Crippen MR) is 72.3 cm³/mol. The molecule has 0 saturated heterocycles. The lowest BCUT2D eigenvalue weighted by molar-refractivity contribution is -0.129. The molecule has 2 N–H and O–H groups in total. The van der Waals surface area contributed by atoms with Gasteiger partial charge in [0.2, 0.25) is 11.8 Å². The highest BCUT2D eigenvalue weighted by molar-refractivity contribution is 5.87. The highest BCUT2D eigenvalue weighted by Gasteiger charge is 2.23. The van der Waals surface area contributed by atoms with Crippen LogP contribution in [-0.4, -0.2) is 33.4 Å². The van der Waals surface area contributed by atoms with Gasteiger partial charge in [-0.25, -0.2) is 4.98 Å². The van der Waals surface area contributed by atoms with E-state index in [2.05, 4.69) is 15.6 Å². The SMILES string of the molecule is CC(=O)N[C@H](C(=O)N[C@@H](C)Cn1ccnc1)C(C)C. The van der Waals surface area contributed by atoms with Crippen LogP contribution in [0.2, 0.25) is 0 Å². The van der Waals surface area contributed by atoms with Gasteiger partial charge in [-0.1, -0.05) is 13.8 Å². The summed E-state index contributed by atoms with van der Waals surface area (Å²) in [5.74, 6) is -0.307. The molecule has 0 bridgehead atoms. The molecule has 1 rings (SSSR count). The van der Waals surface area contributed by atoms with Crippen LogP contribution in [0.4, 0.5) is 0 Å². The summed E-state index contributed by atoms with van der Waals surface area (Å²) in [6.45, 7) is 7.79. The number of imidazole rings is 1. The molecule has 0 saturated carbocycles. The standard InChI is InChI=1S/C13H22N4O2/c1-9(2)12(16-11(4)18)13(19)15-10(3)7-17-6-5-14-8-17/h5-6,8-10,12H,7H2,1-4H3,(H,15,19)(H,16,18)/t10-,12-/m0/s1. The highest BCUT2D eigenvalue weighted by Crippen LogP contribution is 2.03. The third kappa shape index (κ3) is 5.11. The summed E-state index contributed by atoms with van der Waals surface area (Å²) in [7, 11) is 0. The van der Waals surface area contributed by atoms with E-state index < -0.39 is 6.04 Å². The highest BCUT2D eigenvalue weighted by atomic mass is 16.2. The van der Waals surface area contributed by atoms with Crippen LogP contribution in [0.15, 0.2) is 18.7 Å². The summed E-state index contributed by atoms with van der Waals surface area (Å²) in [4.78, 5) is 27.2. The summed E-state index contributed by atoms with van der Waals surface area (Å²) < 4.78 is 1.90. The Bertz CT molecular complexity index is 414. The lowest BCUT2D eigenvalue weighted by Gasteiger charge is -2.23. The molecule has 6 heteroatoms. The minimum absolute atomic E-state index is 0.0308. The Balaban J connectivity index is 2.53. The van der Waals surface area contributed by atoms with Gasteiger partial charge >= 0.3 is 0 Å². The molecule has 0 aliphatic carbocycles. The maximum atomic E-state index is 12.1. The van der Waals surface area contributed by atoms with Crippen LogP contribution in [0.1, 0.15) is 27.7 Å². The Morgan fingerprint density at radius 3 is 2.42 bits per heavy atom. The fraction of sp³-hybridized carbons (Fsp3) is 0.615. The van der Waals surface area contributed by atoms with Crippen molar-refractivity contribution < 1.29 is 9.59 Å². The summed E-state index contributed by atoms with van der Waals surface area (Å²) in [5, 5.41) is 5.58. The lowest BCUT2D eigenvalue weighted by Crippen LogP contribution is -2.51. The predicted octanol–water partition coefficient (Wildman–Crippen LogP) is 0.549. The molecule has 19 heavy (non-hydrogen) atoms. The largest absolute Gasteiger partial charge is 0.350 e. The van der Waals surface area contributed by atoms with Gasteiger partial charge in [-0.15, -0.1) is 0 Å². The number of rotatable bonds is 6. The second-order valence-corrected chi connectivity index (χ2v) is 5.09. The minimum atomic E-state index is -0.497. The number of carbonyl (C=O) groups excluding carboxylic acids is 2. The second kappa shape index (κ2) is 6.92. The van der Waals surface area contributed by atoms with Crippen LogP contribution >= 0.6 is 0 Å². The molecule has 0 unspecified atom stereocenters. The van der Waals surface area contributed by atoms with Crippen LogP contribution in [0, 0.1) is 5.92 Å². The smallest absolute Gasteiger partial charge is 0.243 e. The van der Waals surface area contributed by atoms with Crippen molar-refractivity contribution in [3.8, 4) is 0 Å². The second-order valence-electron chi connectivity index (χ2n) is 5.09. The zero-order valence-corrected chi connectivity index (χ0v) is 11.9. The number of amides is 2. The Morgan fingerprint density at radius 2 is 1.95 bits per heavy atom. The fourth-order valence-corrected chi connectivity index (χ4v) is 1.84. The lowest BCUT2D eigenvalue weighted by atomic mass is 10.0. The summed E-state index contributed by atoms with van der Waals surface area (Å²) in [5.41, 5.74) is 0. The first-order valence-corrected chi connectivity index (χ1v) is 6.43. The Kier molecular flexibility index (Phi) is 5.54. The zero-order chi connectivity index (χ0) is 14.4. The number of hydrogen-bond donors (Lipinski definition) is 2. The monoisotopic (exact) mass is 266 g/mol. The average molecular weight is 266 g/mol. The van der Waals surface area contributed by atoms with Crippen molar-refractivity contribution in [2.45, 2.75) is 46.3 Å². The number of aromatic nitrogens is 2. The van der Waals surface area contributed by atoms with Gasteiger partial charge in [0.15, 0.2) is 0 Å². The van der Waals surface area contributed by atoms with E-state index in [4.69, 9.17) is 0 Å². The van der Waals surface area contributed by atoms with Crippen LogP contribution in [-0.2, 0) is 16.1 Å². The first-order chi connectivity index (χ1) is 8.90. The molecule has 1 aromatic heterocycles. The number of nitrogens with one attached hydrogen (secondary N) is 2. The van der Waals surface area contributed by atoms with Crippen LogP contribution in [0.25, 0.3) is 0 Å². The molecule has 1 aromatic rings. The molecule has 0 aliphatic rings. The van der Waals surface area contributed by atoms with E-state index in [0.29, 0.717) is 6.54 Å². The Labute approximate surface area is 113 Å². The van der Waals surface area contributed by atoms with Gasteiger partial charge in [0.05, 0.1) is 6.33 Å². The molecule has 0 spiro atoms. The van der Waals surface area contributed by atoms with Gasteiger partial charge in [-0.3, -0.25) is 9.59 Å². The molecular formula is C13H22N4O2. The Morgan fingerprint density at radius 1 is 1.26 bits per heavy atom. The molecule has 1 heterocycles. The van der Waals surface area contributed by atoms with Crippen molar-refractivity contribution in [3.05, 3.63) is 18.7 Å². The van der Waals surface area contributed by atoms with Gasteiger partial charge in [0, 0.05) is 31.9 Å². The van der Waals surface area contributed by atoms with Crippen molar-refractivity contribution in [3.63, 3.8) is 0 Å². The first kappa shape index (κ1) is 15.2. The van der Waals surface area contributed by atoms with Crippen molar-refractivity contribution in [1.82, 2.24) is 20.2 Å². The van der Waals surface area contributed by atoms with Gasteiger partial charge in [0.25, 0.3) is 0 Å². The van der Waals surface area contributed by atoms with E-state index in [-0.39, 0.29) is 23.8 Å². The van der Waals surface area contributed by atoms with E-state index in [9.17, 15) is 9.59 Å². The summed E-state index contributed by atoms with van der Waals surface area (Å²) in [6.07, 6.45) is 5.25. The van der Waals surface area contributed by atoms with Gasteiger partial charge < -0.3 is 15.2 Å². The fourth-order valence-electron chi connectivity index (χ4n) is 1.84. The van der Waals surface area contributed by atoms with Crippen LogP contribution in [0.3, 0.4) is 0 Å². The van der Waals surface area contributed by atoms with E-state index in [0.717, 1.165) is 0 Å². The summed E-state index contributed by atoms with van der Waals surface area (Å²) in [6, 6.07) is -0.528. The van der Waals surface area contributed by atoms with Crippen molar-refractivity contribution >= 4 is 11.8 Å². The molecule has 106 valence electrons. The van der Waals surface area contributed by atoms with Crippen LogP contribution < -0.4 is 10.6 Å². The number of nitrogens with zero attached hydrogens (tertiary/aromatic N) is 2. The van der Waals surface area contributed by atoms with E-state index in [1.807, 2.05) is 31.5 Å². The van der Waals surface area contributed by atoms with Gasteiger partial charge in [0.1, 0.15) is 6.04 Å². The van der Waals surface area contributed by atoms with E-state index in [1.165, 1.54) is 6.92 Å². The van der Waals surface area contributed by atoms with E-state index in [1.54, 1.807) is 12.5 Å². The molecule has 0 fully saturated rings. The summed E-state index contributed by atoms with van der Waals surface area (Å²) >= 11 is 0. The van der Waals surface area contributed by atoms with Crippen LogP contribution in [0.5, 0.6) is 0 Å².